The highest BCUT2D eigenvalue weighted by molar-refractivity contribution is 5.79. The maximum atomic E-state index is 4.28. The van der Waals surface area contributed by atoms with Gasteiger partial charge < -0.3 is 0 Å². The van der Waals surface area contributed by atoms with Gasteiger partial charge in [0, 0.05) is 13.3 Å². The van der Waals surface area contributed by atoms with Crippen LogP contribution in [0.2, 0.25) is 0 Å². The Morgan fingerprint density at radius 2 is 2.00 bits per heavy atom. The first-order valence-corrected chi connectivity index (χ1v) is 6.96. The molecule has 0 aliphatic heterocycles. The number of rotatable bonds is 3. The van der Waals surface area contributed by atoms with Crippen LogP contribution in [0.25, 0.3) is 0 Å². The Kier molecular flexibility index (Phi) is 6.25. The number of hydrogen-bond donors (Lipinski definition) is 0. The molecule has 1 heteroatoms. The van der Waals surface area contributed by atoms with E-state index >= 15 is 0 Å². The zero-order valence-corrected chi connectivity index (χ0v) is 11.7. The summed E-state index contributed by atoms with van der Waals surface area (Å²) in [5, 5.41) is 0. The first-order chi connectivity index (χ1) is 8.15. The molecule has 0 aromatic carbocycles. The van der Waals surface area contributed by atoms with Crippen molar-refractivity contribution in [3.05, 3.63) is 23.8 Å². The van der Waals surface area contributed by atoms with Gasteiger partial charge in [-0.25, -0.2) is 0 Å². The summed E-state index contributed by atoms with van der Waals surface area (Å²) in [7, 11) is 1.85. The van der Waals surface area contributed by atoms with Gasteiger partial charge in [0.15, 0.2) is 0 Å². The Hall–Kier alpha value is -0.850. The van der Waals surface area contributed by atoms with Crippen molar-refractivity contribution >= 4 is 6.21 Å². The lowest BCUT2D eigenvalue weighted by Crippen LogP contribution is -2.07. The predicted molar refractivity (Wildman–Crippen MR) is 77.7 cm³/mol. The minimum absolute atomic E-state index is 0.553. The molecular weight excluding hydrogens is 206 g/mol. The van der Waals surface area contributed by atoms with E-state index in [2.05, 4.69) is 31.5 Å². The highest BCUT2D eigenvalue weighted by Gasteiger charge is 2.14. The average Bonchev–Trinajstić information content (AvgIpc) is 2.27. The lowest BCUT2D eigenvalue weighted by molar-refractivity contribution is 0.513. The topological polar surface area (TPSA) is 12.4 Å². The van der Waals surface area contributed by atoms with Gasteiger partial charge >= 0.3 is 0 Å². The van der Waals surface area contributed by atoms with E-state index < -0.39 is 0 Å². The van der Waals surface area contributed by atoms with Crippen LogP contribution < -0.4 is 0 Å². The van der Waals surface area contributed by atoms with Crippen LogP contribution in [0, 0.1) is 11.8 Å². The Labute approximate surface area is 107 Å². The van der Waals surface area contributed by atoms with Crippen molar-refractivity contribution in [1.29, 1.82) is 0 Å². The van der Waals surface area contributed by atoms with Gasteiger partial charge in [0.2, 0.25) is 0 Å². The molecule has 96 valence electrons. The number of allylic oxidation sites excluding steroid dienone is 3. The lowest BCUT2D eigenvalue weighted by Gasteiger charge is -2.21. The lowest BCUT2D eigenvalue weighted by atomic mass is 9.85. The van der Waals surface area contributed by atoms with E-state index in [1.165, 1.54) is 49.7 Å². The van der Waals surface area contributed by atoms with Crippen LogP contribution in [0.5, 0.6) is 0 Å². The van der Waals surface area contributed by atoms with Gasteiger partial charge in [0.05, 0.1) is 0 Å². The second-order valence-electron chi connectivity index (χ2n) is 5.43. The summed E-state index contributed by atoms with van der Waals surface area (Å²) in [5.74, 6) is 1.13. The van der Waals surface area contributed by atoms with E-state index in [0.29, 0.717) is 11.8 Å². The Morgan fingerprint density at radius 3 is 2.65 bits per heavy atom. The molecule has 0 bridgehead atoms. The van der Waals surface area contributed by atoms with Gasteiger partial charge in [0.1, 0.15) is 0 Å². The molecule has 1 fully saturated rings. The largest absolute Gasteiger partial charge is 0.296 e. The van der Waals surface area contributed by atoms with Crippen molar-refractivity contribution in [3.8, 4) is 0 Å². The van der Waals surface area contributed by atoms with Crippen molar-refractivity contribution in [2.45, 2.75) is 52.4 Å². The molecule has 0 saturated heterocycles. The molecule has 0 N–H and O–H groups in total. The number of hydrogen-bond acceptors (Lipinski definition) is 1. The Balaban J connectivity index is 2.78. The molecule has 0 amide bonds. The third-order valence-electron chi connectivity index (χ3n) is 3.63. The van der Waals surface area contributed by atoms with Crippen molar-refractivity contribution < 1.29 is 0 Å². The van der Waals surface area contributed by atoms with Gasteiger partial charge in [0.25, 0.3) is 0 Å². The highest BCUT2D eigenvalue weighted by Crippen LogP contribution is 2.28. The highest BCUT2D eigenvalue weighted by atomic mass is 14.6. The van der Waals surface area contributed by atoms with Gasteiger partial charge in [-0.15, -0.1) is 0 Å². The fourth-order valence-corrected chi connectivity index (χ4v) is 2.43. The zero-order valence-electron chi connectivity index (χ0n) is 11.7. The van der Waals surface area contributed by atoms with E-state index in [1.807, 2.05) is 13.3 Å². The van der Waals surface area contributed by atoms with Crippen LogP contribution in [-0.4, -0.2) is 13.3 Å². The molecule has 0 heterocycles. The van der Waals surface area contributed by atoms with Crippen LogP contribution in [0.1, 0.15) is 52.4 Å². The Morgan fingerprint density at radius 1 is 1.29 bits per heavy atom. The molecule has 0 aromatic heterocycles. The third-order valence-corrected chi connectivity index (χ3v) is 3.63. The van der Waals surface area contributed by atoms with Crippen LogP contribution >= 0.6 is 0 Å². The summed E-state index contributed by atoms with van der Waals surface area (Å²) >= 11 is 0. The molecule has 0 aromatic rings. The SMILES string of the molecule is C=C1CCCCCCC1/C=C(\C=NC)C(C)C. The maximum absolute atomic E-state index is 4.28. The number of aliphatic imine (C=N–C) groups is 1. The third kappa shape index (κ3) is 4.89. The summed E-state index contributed by atoms with van der Waals surface area (Å²) in [4.78, 5) is 4.17. The van der Waals surface area contributed by atoms with E-state index in [-0.39, 0.29) is 0 Å². The predicted octanol–water partition coefficient (Wildman–Crippen LogP) is 4.80. The van der Waals surface area contributed by atoms with Crippen molar-refractivity contribution in [3.63, 3.8) is 0 Å². The van der Waals surface area contributed by atoms with Gasteiger partial charge in [-0.05, 0) is 36.7 Å². The summed E-state index contributed by atoms with van der Waals surface area (Å²) in [6.07, 6.45) is 12.3. The van der Waals surface area contributed by atoms with E-state index in [9.17, 15) is 0 Å². The van der Waals surface area contributed by atoms with E-state index in [0.717, 1.165) is 0 Å². The first kappa shape index (κ1) is 14.2. The molecule has 1 aliphatic rings. The number of nitrogens with zero attached hydrogens (tertiary/aromatic N) is 1. The molecular formula is C16H27N. The fourth-order valence-electron chi connectivity index (χ4n) is 2.43. The summed E-state index contributed by atoms with van der Waals surface area (Å²) in [6, 6.07) is 0. The Bertz CT molecular complexity index is 297. The average molecular weight is 233 g/mol. The molecule has 1 saturated carbocycles. The summed E-state index contributed by atoms with van der Waals surface area (Å²) < 4.78 is 0. The van der Waals surface area contributed by atoms with Crippen molar-refractivity contribution in [2.75, 3.05) is 7.05 Å². The molecule has 0 spiro atoms. The molecule has 1 rings (SSSR count). The van der Waals surface area contributed by atoms with E-state index in [1.54, 1.807) is 0 Å². The maximum Gasteiger partial charge on any atom is 0.0277 e. The molecule has 0 radical (unpaired) electrons. The zero-order chi connectivity index (χ0) is 12.7. The van der Waals surface area contributed by atoms with Crippen LogP contribution in [-0.2, 0) is 0 Å². The van der Waals surface area contributed by atoms with Crippen LogP contribution in [0.3, 0.4) is 0 Å². The second-order valence-corrected chi connectivity index (χ2v) is 5.43. The first-order valence-electron chi connectivity index (χ1n) is 6.96. The molecule has 17 heavy (non-hydrogen) atoms. The molecule has 1 unspecified atom stereocenters. The second kappa shape index (κ2) is 7.47. The minimum atomic E-state index is 0.553. The normalized spacial score (nSPS) is 24.1. The quantitative estimate of drug-likeness (QED) is 0.490. The summed E-state index contributed by atoms with van der Waals surface area (Å²) in [5.41, 5.74) is 2.78. The fraction of sp³-hybridized carbons (Fsp3) is 0.688. The molecule has 1 atom stereocenters. The van der Waals surface area contributed by atoms with Crippen LogP contribution in [0.4, 0.5) is 0 Å². The molecule has 1 nitrogen and oxygen atoms in total. The minimum Gasteiger partial charge on any atom is -0.296 e. The standard InChI is InChI=1S/C16H27N/c1-13(2)16(12-17-4)11-15-10-8-6-5-7-9-14(15)3/h11-13,15H,3,5-10H2,1-2,4H3/b16-11+,17-12?. The molecule has 1 aliphatic carbocycles. The monoisotopic (exact) mass is 233 g/mol. The van der Waals surface area contributed by atoms with Gasteiger partial charge in [-0.1, -0.05) is 51.3 Å². The van der Waals surface area contributed by atoms with Crippen molar-refractivity contribution in [2.24, 2.45) is 16.8 Å². The van der Waals surface area contributed by atoms with Gasteiger partial charge in [-0.2, -0.15) is 0 Å². The van der Waals surface area contributed by atoms with Crippen molar-refractivity contribution in [1.82, 2.24) is 0 Å². The summed E-state index contributed by atoms with van der Waals surface area (Å²) in [6.45, 7) is 8.75. The van der Waals surface area contributed by atoms with Crippen LogP contribution in [0.15, 0.2) is 28.8 Å². The van der Waals surface area contributed by atoms with E-state index in [4.69, 9.17) is 0 Å². The smallest absolute Gasteiger partial charge is 0.0277 e. The van der Waals surface area contributed by atoms with Gasteiger partial charge in [-0.3, -0.25) is 4.99 Å².